The highest BCUT2D eigenvalue weighted by atomic mass is 35.5. The van der Waals surface area contributed by atoms with Crippen molar-refractivity contribution < 1.29 is 18.4 Å². The molecule has 3 aromatic rings. The van der Waals surface area contributed by atoms with Crippen LogP contribution in [0.5, 0.6) is 5.75 Å². The third kappa shape index (κ3) is 5.91. The molecule has 0 saturated carbocycles. The lowest BCUT2D eigenvalue weighted by molar-refractivity contribution is 0.0818. The quantitative estimate of drug-likeness (QED) is 0.360. The first-order valence-electron chi connectivity index (χ1n) is 11.6. The molecule has 1 aliphatic heterocycles. The molecule has 1 aromatic heterocycles. The van der Waals surface area contributed by atoms with Gasteiger partial charge in [-0.15, -0.1) is 0 Å². The zero-order valence-electron chi connectivity index (χ0n) is 20.7. The van der Waals surface area contributed by atoms with Gasteiger partial charge in [-0.25, -0.2) is 9.37 Å². The van der Waals surface area contributed by atoms with Crippen molar-refractivity contribution in [3.05, 3.63) is 53.4 Å². The molecule has 0 amide bonds. The van der Waals surface area contributed by atoms with Crippen LogP contribution in [-0.2, 0) is 9.30 Å². The van der Waals surface area contributed by atoms with Gasteiger partial charge in [0.25, 0.3) is 0 Å². The maximum atomic E-state index is 14.7. The fraction of sp³-hybridized carbons (Fsp3) is 0.360. The summed E-state index contributed by atoms with van der Waals surface area (Å²) in [7, 11) is 0.705. The molecular formula is C25H30ClFN5O3P. The van der Waals surface area contributed by atoms with Gasteiger partial charge in [-0.05, 0) is 38.3 Å². The molecule has 0 bridgehead atoms. The molecule has 2 heterocycles. The molecular weight excluding hydrogens is 504 g/mol. The van der Waals surface area contributed by atoms with Crippen LogP contribution < -0.4 is 25.6 Å². The Balaban J connectivity index is 1.63. The molecule has 0 radical (unpaired) electrons. The van der Waals surface area contributed by atoms with Crippen molar-refractivity contribution in [3.8, 4) is 5.75 Å². The largest absolute Gasteiger partial charge is 0.492 e. The molecule has 2 aromatic carbocycles. The van der Waals surface area contributed by atoms with E-state index >= 15 is 0 Å². The number of methoxy groups -OCH3 is 2. The number of hydrogen-bond donors (Lipinski definition) is 2. The van der Waals surface area contributed by atoms with E-state index in [2.05, 4.69) is 25.5 Å². The summed E-state index contributed by atoms with van der Waals surface area (Å²) in [6.07, 6.45) is 3.34. The van der Waals surface area contributed by atoms with Crippen LogP contribution >= 0.6 is 18.7 Å². The summed E-state index contributed by atoms with van der Waals surface area (Å²) in [5.41, 5.74) is 1.68. The molecule has 4 rings (SSSR count). The molecule has 11 heteroatoms. The average Bonchev–Trinajstić information content (AvgIpc) is 2.85. The number of hydrogen-bond acceptors (Lipinski definition) is 8. The third-order valence-corrected chi connectivity index (χ3v) is 7.91. The fourth-order valence-corrected chi connectivity index (χ4v) is 5.56. The van der Waals surface area contributed by atoms with Crippen molar-refractivity contribution in [2.24, 2.45) is 0 Å². The summed E-state index contributed by atoms with van der Waals surface area (Å²) in [6.45, 7) is 4.85. The van der Waals surface area contributed by atoms with Crippen LogP contribution in [0.3, 0.4) is 0 Å². The van der Waals surface area contributed by atoms with Gasteiger partial charge in [-0.2, -0.15) is 4.98 Å². The van der Waals surface area contributed by atoms with E-state index in [1.807, 2.05) is 24.3 Å². The summed E-state index contributed by atoms with van der Waals surface area (Å²) < 4.78 is 38.6. The van der Waals surface area contributed by atoms with Crippen LogP contribution in [0.2, 0.25) is 5.02 Å². The van der Waals surface area contributed by atoms with Crippen molar-refractivity contribution in [1.29, 1.82) is 0 Å². The normalized spacial score (nSPS) is 14.6. The Kier molecular flexibility index (Phi) is 8.03. The monoisotopic (exact) mass is 533 g/mol. The van der Waals surface area contributed by atoms with E-state index in [-0.39, 0.29) is 17.1 Å². The molecule has 36 heavy (non-hydrogen) atoms. The Morgan fingerprint density at radius 1 is 1.11 bits per heavy atom. The minimum atomic E-state index is -2.55. The predicted octanol–water partition coefficient (Wildman–Crippen LogP) is 5.63. The van der Waals surface area contributed by atoms with Crippen LogP contribution in [0.15, 0.2) is 42.6 Å². The highest BCUT2D eigenvalue weighted by Crippen LogP contribution is 2.40. The molecule has 0 spiro atoms. The van der Waals surface area contributed by atoms with Gasteiger partial charge in [0.1, 0.15) is 18.0 Å². The van der Waals surface area contributed by atoms with Crippen molar-refractivity contribution in [3.63, 3.8) is 0 Å². The van der Waals surface area contributed by atoms with Crippen molar-refractivity contribution >= 4 is 52.9 Å². The Morgan fingerprint density at radius 2 is 1.83 bits per heavy atom. The van der Waals surface area contributed by atoms with Gasteiger partial charge in [-0.1, -0.05) is 23.7 Å². The van der Waals surface area contributed by atoms with E-state index in [1.54, 1.807) is 27.5 Å². The molecule has 2 N–H and O–H groups in total. The van der Waals surface area contributed by atoms with E-state index in [1.165, 1.54) is 18.3 Å². The molecule has 192 valence electrons. The van der Waals surface area contributed by atoms with E-state index in [4.69, 9.17) is 21.1 Å². The number of anilines is 5. The second kappa shape index (κ2) is 11.0. The van der Waals surface area contributed by atoms with Crippen molar-refractivity contribution in [2.75, 3.05) is 56.2 Å². The smallest absolute Gasteiger partial charge is 0.229 e. The molecule has 1 saturated heterocycles. The first-order valence-corrected chi connectivity index (χ1v) is 14.5. The lowest BCUT2D eigenvalue weighted by Gasteiger charge is -2.34. The summed E-state index contributed by atoms with van der Waals surface area (Å²) in [4.78, 5) is 10.8. The third-order valence-electron chi connectivity index (χ3n) is 6.08. The van der Waals surface area contributed by atoms with Gasteiger partial charge in [-0.3, -0.25) is 0 Å². The molecule has 1 fully saturated rings. The lowest BCUT2D eigenvalue weighted by atomic mass is 10.1. The maximum Gasteiger partial charge on any atom is 0.229 e. The SMILES string of the molecule is COc1c(Nc2ncc(Cl)c(Nc3ccccc3P(C)(C)=O)n2)cc(F)cc1N1CCC(OC)CC1. The van der Waals surface area contributed by atoms with Crippen LogP contribution in [0, 0.1) is 5.82 Å². The van der Waals surface area contributed by atoms with Crippen LogP contribution in [0.25, 0.3) is 0 Å². The molecule has 1 aliphatic rings. The standard InChI is InChI=1S/C25H30ClFN5O3P/c1-34-17-9-11-32(12-10-17)21-14-16(27)13-20(23(21)35-2)30-25-28-15-18(26)24(31-25)29-19-7-5-6-8-22(19)36(3,4)33/h5-8,13-15,17H,9-12H2,1-4H3,(H2,28,29,30,31). The van der Waals surface area contributed by atoms with Gasteiger partial charge < -0.3 is 29.6 Å². The van der Waals surface area contributed by atoms with E-state index < -0.39 is 13.0 Å². The number of nitrogens with one attached hydrogen (secondary N) is 2. The molecule has 0 aliphatic carbocycles. The highest BCUT2D eigenvalue weighted by molar-refractivity contribution is 7.70. The second-order valence-electron chi connectivity index (χ2n) is 8.94. The second-order valence-corrected chi connectivity index (χ2v) is 12.5. The van der Waals surface area contributed by atoms with Crippen LogP contribution in [0.4, 0.5) is 33.2 Å². The Morgan fingerprint density at radius 3 is 2.50 bits per heavy atom. The van der Waals surface area contributed by atoms with Crippen LogP contribution in [0.1, 0.15) is 12.8 Å². The van der Waals surface area contributed by atoms with E-state index in [0.717, 1.165) is 25.9 Å². The number of ether oxygens (including phenoxy) is 2. The zero-order chi connectivity index (χ0) is 25.9. The Bertz CT molecular complexity index is 1280. The van der Waals surface area contributed by atoms with Gasteiger partial charge in [0, 0.05) is 37.6 Å². The van der Waals surface area contributed by atoms with Gasteiger partial charge >= 0.3 is 0 Å². The minimum absolute atomic E-state index is 0.198. The molecule has 0 atom stereocenters. The first-order chi connectivity index (χ1) is 17.2. The summed E-state index contributed by atoms with van der Waals surface area (Å²) in [5, 5.41) is 7.20. The van der Waals surface area contributed by atoms with E-state index in [9.17, 15) is 8.96 Å². The van der Waals surface area contributed by atoms with Gasteiger partial charge in [0.15, 0.2) is 11.6 Å². The lowest BCUT2D eigenvalue weighted by Crippen LogP contribution is -2.36. The van der Waals surface area contributed by atoms with Gasteiger partial charge in [0.05, 0.1) is 36.5 Å². The van der Waals surface area contributed by atoms with Crippen molar-refractivity contribution in [1.82, 2.24) is 9.97 Å². The number of nitrogens with zero attached hydrogens (tertiary/aromatic N) is 3. The van der Waals surface area contributed by atoms with Gasteiger partial charge in [0.2, 0.25) is 5.95 Å². The first kappa shape index (κ1) is 26.2. The number of piperidine rings is 1. The van der Waals surface area contributed by atoms with E-state index in [0.29, 0.717) is 33.9 Å². The highest BCUT2D eigenvalue weighted by Gasteiger charge is 2.24. The number of rotatable bonds is 8. The Hall–Kier alpha value is -2.87. The number of aromatic nitrogens is 2. The predicted molar refractivity (Wildman–Crippen MR) is 144 cm³/mol. The number of benzene rings is 2. The average molecular weight is 534 g/mol. The Labute approximate surface area is 215 Å². The van der Waals surface area contributed by atoms with Crippen LogP contribution in [-0.4, -0.2) is 56.7 Å². The summed E-state index contributed by atoms with van der Waals surface area (Å²) in [6, 6.07) is 10.1. The molecule has 8 nitrogen and oxygen atoms in total. The zero-order valence-corrected chi connectivity index (χ0v) is 22.4. The number of halogens is 2. The van der Waals surface area contributed by atoms with Crippen molar-refractivity contribution in [2.45, 2.75) is 18.9 Å². The summed E-state index contributed by atoms with van der Waals surface area (Å²) >= 11 is 6.36. The minimum Gasteiger partial charge on any atom is -0.492 e. The molecule has 0 unspecified atom stereocenters. The number of para-hydroxylation sites is 1. The topological polar surface area (TPSA) is 88.6 Å². The summed E-state index contributed by atoms with van der Waals surface area (Å²) in [5.74, 6) is 0.601. The maximum absolute atomic E-state index is 14.7. The fourth-order valence-electron chi connectivity index (χ4n) is 4.27.